The number of hydrogen-bond donors (Lipinski definition) is 3. The van der Waals surface area contributed by atoms with Crippen molar-refractivity contribution in [3.63, 3.8) is 0 Å². The Balaban J connectivity index is 2.27. The van der Waals surface area contributed by atoms with E-state index in [1.54, 1.807) is 0 Å². The topological polar surface area (TPSA) is 104 Å². The lowest BCUT2D eigenvalue weighted by atomic mass is 10.2. The Labute approximate surface area is 98.2 Å². The Kier molecular flexibility index (Phi) is 3.30. The third kappa shape index (κ3) is 2.40. The SMILES string of the molecule is CC1CN(c2nc[nH]c(=O)c2N)CC(CO)O1. The summed E-state index contributed by atoms with van der Waals surface area (Å²) >= 11 is 0. The van der Waals surface area contributed by atoms with E-state index in [2.05, 4.69) is 9.97 Å². The first kappa shape index (κ1) is 11.9. The molecule has 0 spiro atoms. The zero-order valence-corrected chi connectivity index (χ0v) is 9.59. The Morgan fingerprint density at radius 1 is 1.71 bits per heavy atom. The second-order valence-corrected chi connectivity index (χ2v) is 4.13. The van der Waals surface area contributed by atoms with Crippen LogP contribution in [0.5, 0.6) is 0 Å². The third-order valence-electron chi connectivity index (χ3n) is 2.70. The van der Waals surface area contributed by atoms with Crippen molar-refractivity contribution in [1.29, 1.82) is 0 Å². The molecule has 0 aliphatic carbocycles. The molecule has 1 aromatic heterocycles. The van der Waals surface area contributed by atoms with Gasteiger partial charge in [0.2, 0.25) is 0 Å². The van der Waals surface area contributed by atoms with Gasteiger partial charge in [-0.25, -0.2) is 4.98 Å². The minimum absolute atomic E-state index is 0.0404. The molecule has 2 unspecified atom stereocenters. The molecule has 17 heavy (non-hydrogen) atoms. The molecular weight excluding hydrogens is 224 g/mol. The van der Waals surface area contributed by atoms with Crippen molar-refractivity contribution < 1.29 is 9.84 Å². The molecule has 0 bridgehead atoms. The van der Waals surface area contributed by atoms with Gasteiger partial charge in [0.25, 0.3) is 5.56 Å². The first-order chi connectivity index (χ1) is 8.11. The molecule has 0 amide bonds. The van der Waals surface area contributed by atoms with Crippen molar-refractivity contribution >= 4 is 11.5 Å². The quantitative estimate of drug-likeness (QED) is 0.608. The van der Waals surface area contributed by atoms with Crippen LogP contribution in [0.25, 0.3) is 0 Å². The van der Waals surface area contributed by atoms with E-state index in [0.29, 0.717) is 18.9 Å². The van der Waals surface area contributed by atoms with Crippen molar-refractivity contribution in [2.45, 2.75) is 19.1 Å². The van der Waals surface area contributed by atoms with Crippen molar-refractivity contribution in [3.05, 3.63) is 16.7 Å². The fourth-order valence-corrected chi connectivity index (χ4v) is 1.97. The van der Waals surface area contributed by atoms with Crippen LogP contribution in [-0.4, -0.2) is 47.0 Å². The number of nitrogen functional groups attached to an aromatic ring is 1. The van der Waals surface area contributed by atoms with Gasteiger partial charge in [-0.05, 0) is 6.92 Å². The molecule has 1 saturated heterocycles. The number of nitrogens with one attached hydrogen (secondary N) is 1. The molecule has 1 fully saturated rings. The number of aliphatic hydroxyl groups is 1. The predicted octanol–water partition coefficient (Wildman–Crippen LogP) is -1.06. The van der Waals surface area contributed by atoms with Crippen LogP contribution in [-0.2, 0) is 4.74 Å². The average Bonchev–Trinajstić information content (AvgIpc) is 2.31. The third-order valence-corrected chi connectivity index (χ3v) is 2.70. The summed E-state index contributed by atoms with van der Waals surface area (Å²) < 4.78 is 5.51. The number of H-pyrrole nitrogens is 1. The molecule has 1 aromatic rings. The molecule has 2 atom stereocenters. The number of rotatable bonds is 2. The molecule has 2 heterocycles. The highest BCUT2D eigenvalue weighted by atomic mass is 16.5. The minimum atomic E-state index is -0.352. The first-order valence-corrected chi connectivity index (χ1v) is 5.46. The maximum atomic E-state index is 11.4. The van der Waals surface area contributed by atoms with E-state index in [-0.39, 0.29) is 30.1 Å². The Morgan fingerprint density at radius 3 is 3.18 bits per heavy atom. The minimum Gasteiger partial charge on any atom is -0.394 e. The van der Waals surface area contributed by atoms with E-state index in [0.717, 1.165) is 0 Å². The molecular formula is C10H16N4O3. The Hall–Kier alpha value is -1.60. The van der Waals surface area contributed by atoms with Gasteiger partial charge in [0.05, 0.1) is 25.1 Å². The summed E-state index contributed by atoms with van der Waals surface area (Å²) in [5, 5.41) is 9.13. The van der Waals surface area contributed by atoms with Gasteiger partial charge >= 0.3 is 0 Å². The molecule has 0 aromatic carbocycles. The van der Waals surface area contributed by atoms with Gasteiger partial charge in [-0.15, -0.1) is 0 Å². The molecule has 7 heteroatoms. The Morgan fingerprint density at radius 2 is 2.47 bits per heavy atom. The molecule has 0 radical (unpaired) electrons. The van der Waals surface area contributed by atoms with Crippen LogP contribution in [0.4, 0.5) is 11.5 Å². The standard InChI is InChI=1S/C10H16N4O3/c1-6-2-14(3-7(4-15)17-6)9-8(11)10(16)13-5-12-9/h5-7,15H,2-4,11H2,1H3,(H,12,13,16). The summed E-state index contributed by atoms with van der Waals surface area (Å²) in [6.07, 6.45) is 1.00. The van der Waals surface area contributed by atoms with Crippen LogP contribution in [0.2, 0.25) is 0 Å². The number of aromatic nitrogens is 2. The normalized spacial score (nSPS) is 24.9. The molecule has 1 aliphatic heterocycles. The lowest BCUT2D eigenvalue weighted by Crippen LogP contribution is -2.49. The lowest BCUT2D eigenvalue weighted by Gasteiger charge is -2.36. The van der Waals surface area contributed by atoms with Gasteiger partial charge < -0.3 is 25.5 Å². The van der Waals surface area contributed by atoms with Gasteiger partial charge in [-0.3, -0.25) is 4.79 Å². The van der Waals surface area contributed by atoms with Gasteiger partial charge in [-0.2, -0.15) is 0 Å². The fourth-order valence-electron chi connectivity index (χ4n) is 1.97. The summed E-state index contributed by atoms with van der Waals surface area (Å²) in [5.41, 5.74) is 5.44. The van der Waals surface area contributed by atoms with Crippen LogP contribution in [0.1, 0.15) is 6.92 Å². The number of anilines is 2. The van der Waals surface area contributed by atoms with Crippen molar-refractivity contribution in [2.75, 3.05) is 30.3 Å². The number of ether oxygens (including phenoxy) is 1. The maximum absolute atomic E-state index is 11.4. The molecule has 0 saturated carbocycles. The van der Waals surface area contributed by atoms with Crippen LogP contribution < -0.4 is 16.2 Å². The van der Waals surface area contributed by atoms with Gasteiger partial charge in [0.15, 0.2) is 5.82 Å². The van der Waals surface area contributed by atoms with Gasteiger partial charge in [0.1, 0.15) is 5.69 Å². The predicted molar refractivity (Wildman–Crippen MR) is 62.9 cm³/mol. The average molecular weight is 240 g/mol. The second kappa shape index (κ2) is 4.72. The van der Waals surface area contributed by atoms with Gasteiger partial charge in [0, 0.05) is 13.1 Å². The number of aromatic amines is 1. The van der Waals surface area contributed by atoms with Crippen LogP contribution in [0.15, 0.2) is 11.1 Å². The maximum Gasteiger partial charge on any atom is 0.276 e. The lowest BCUT2D eigenvalue weighted by molar-refractivity contribution is -0.0422. The van der Waals surface area contributed by atoms with Crippen LogP contribution >= 0.6 is 0 Å². The van der Waals surface area contributed by atoms with E-state index in [4.69, 9.17) is 15.6 Å². The van der Waals surface area contributed by atoms with E-state index in [1.165, 1.54) is 6.33 Å². The summed E-state index contributed by atoms with van der Waals surface area (Å²) in [4.78, 5) is 19.7. The molecule has 7 nitrogen and oxygen atoms in total. The number of nitrogens with zero attached hydrogens (tertiary/aromatic N) is 2. The smallest absolute Gasteiger partial charge is 0.276 e. The molecule has 94 valence electrons. The highest BCUT2D eigenvalue weighted by Gasteiger charge is 2.27. The molecule has 1 aliphatic rings. The van der Waals surface area contributed by atoms with E-state index in [9.17, 15) is 4.79 Å². The van der Waals surface area contributed by atoms with Crippen molar-refractivity contribution in [1.82, 2.24) is 9.97 Å². The summed E-state index contributed by atoms with van der Waals surface area (Å²) in [5.74, 6) is 0.447. The number of morpholine rings is 1. The zero-order valence-electron chi connectivity index (χ0n) is 9.59. The number of nitrogens with two attached hydrogens (primary N) is 1. The highest BCUT2D eigenvalue weighted by Crippen LogP contribution is 2.20. The van der Waals surface area contributed by atoms with E-state index >= 15 is 0 Å². The Bertz CT molecular complexity index is 447. The summed E-state index contributed by atoms with van der Waals surface area (Å²) in [6, 6.07) is 0. The van der Waals surface area contributed by atoms with Crippen LogP contribution in [0.3, 0.4) is 0 Å². The highest BCUT2D eigenvalue weighted by molar-refractivity contribution is 5.61. The molecule has 2 rings (SSSR count). The largest absolute Gasteiger partial charge is 0.394 e. The van der Waals surface area contributed by atoms with E-state index in [1.807, 2.05) is 11.8 Å². The van der Waals surface area contributed by atoms with Crippen molar-refractivity contribution in [2.24, 2.45) is 0 Å². The summed E-state index contributed by atoms with van der Waals surface area (Å²) in [6.45, 7) is 2.90. The van der Waals surface area contributed by atoms with E-state index < -0.39 is 0 Å². The summed E-state index contributed by atoms with van der Waals surface area (Å²) in [7, 11) is 0. The zero-order chi connectivity index (χ0) is 12.4. The van der Waals surface area contributed by atoms with Gasteiger partial charge in [-0.1, -0.05) is 0 Å². The number of hydrogen-bond acceptors (Lipinski definition) is 6. The second-order valence-electron chi connectivity index (χ2n) is 4.13. The van der Waals surface area contributed by atoms with Crippen molar-refractivity contribution in [3.8, 4) is 0 Å². The first-order valence-electron chi connectivity index (χ1n) is 5.46. The fraction of sp³-hybridized carbons (Fsp3) is 0.600. The monoisotopic (exact) mass is 240 g/mol. The van der Waals surface area contributed by atoms with Crippen LogP contribution in [0, 0.1) is 0 Å². The molecule has 4 N–H and O–H groups in total. The number of aliphatic hydroxyl groups excluding tert-OH is 1.